The van der Waals surface area contributed by atoms with E-state index in [1.165, 1.54) is 0 Å². The molecule has 3 rings (SSSR count). The number of nitrogens with zero attached hydrogens (tertiary/aromatic N) is 1. The molecule has 0 saturated carbocycles. The van der Waals surface area contributed by atoms with Gasteiger partial charge in [-0.05, 0) is 25.3 Å². The molecule has 0 aliphatic carbocycles. The Labute approximate surface area is 199 Å². The molecule has 2 N–H and O–H groups in total. The predicted octanol–water partition coefficient (Wildman–Crippen LogP) is 2.69. The fourth-order valence-electron chi connectivity index (χ4n) is 4.13. The summed E-state index contributed by atoms with van der Waals surface area (Å²) in [5.74, 6) is -1.29. The van der Waals surface area contributed by atoms with Gasteiger partial charge in [0.05, 0.1) is 29.8 Å². The number of carbonyl (C=O) groups is 4. The summed E-state index contributed by atoms with van der Waals surface area (Å²) in [5, 5.41) is 5.34. The van der Waals surface area contributed by atoms with Gasteiger partial charge in [0.2, 0.25) is 5.91 Å². The third kappa shape index (κ3) is 5.95. The summed E-state index contributed by atoms with van der Waals surface area (Å²) in [7, 11) is 0. The van der Waals surface area contributed by atoms with Gasteiger partial charge in [0.25, 0.3) is 0 Å². The van der Waals surface area contributed by atoms with Crippen LogP contribution in [0.15, 0.2) is 41.6 Å². The summed E-state index contributed by atoms with van der Waals surface area (Å²) >= 11 is 0. The van der Waals surface area contributed by atoms with Crippen LogP contribution in [-0.2, 0) is 23.9 Å². The van der Waals surface area contributed by atoms with Crippen LogP contribution >= 0.6 is 0 Å². The Bertz CT molecular complexity index is 959. The highest BCUT2D eigenvalue weighted by atomic mass is 16.5. The normalized spacial score (nSPS) is 19.2. The molecule has 184 valence electrons. The van der Waals surface area contributed by atoms with Gasteiger partial charge in [0.1, 0.15) is 6.61 Å². The number of rotatable bonds is 6. The first-order valence-electron chi connectivity index (χ1n) is 11.6. The highest BCUT2D eigenvalue weighted by molar-refractivity contribution is 5.95. The van der Waals surface area contributed by atoms with Gasteiger partial charge < -0.3 is 25.0 Å². The predicted molar refractivity (Wildman–Crippen MR) is 124 cm³/mol. The molecule has 1 atom stereocenters. The third-order valence-corrected chi connectivity index (χ3v) is 5.90. The van der Waals surface area contributed by atoms with Crippen LogP contribution in [0.4, 0.5) is 4.79 Å². The van der Waals surface area contributed by atoms with Crippen molar-refractivity contribution in [2.45, 2.75) is 46.6 Å². The molecular weight excluding hydrogens is 438 g/mol. The molecule has 1 aromatic carbocycles. The minimum Gasteiger partial charge on any atom is -0.463 e. The van der Waals surface area contributed by atoms with Crippen LogP contribution < -0.4 is 10.6 Å². The molecule has 1 aromatic rings. The van der Waals surface area contributed by atoms with E-state index in [0.29, 0.717) is 31.5 Å². The van der Waals surface area contributed by atoms with Gasteiger partial charge in [-0.3, -0.25) is 9.59 Å². The number of nitrogens with one attached hydrogen (secondary N) is 2. The molecule has 3 amide bonds. The van der Waals surface area contributed by atoms with Crippen molar-refractivity contribution in [1.29, 1.82) is 0 Å². The number of amides is 3. The summed E-state index contributed by atoms with van der Waals surface area (Å²) in [6, 6.07) is 7.82. The van der Waals surface area contributed by atoms with Gasteiger partial charge in [-0.15, -0.1) is 0 Å². The van der Waals surface area contributed by atoms with E-state index in [4.69, 9.17) is 9.47 Å². The highest BCUT2D eigenvalue weighted by Crippen LogP contribution is 2.29. The number of piperidine rings is 1. The second-order valence-corrected chi connectivity index (χ2v) is 9.48. The molecule has 0 spiro atoms. The van der Waals surface area contributed by atoms with Gasteiger partial charge in [0, 0.05) is 18.5 Å². The monoisotopic (exact) mass is 471 g/mol. The average Bonchev–Trinajstić information content (AvgIpc) is 2.81. The fourth-order valence-corrected chi connectivity index (χ4v) is 4.13. The van der Waals surface area contributed by atoms with E-state index in [2.05, 4.69) is 10.6 Å². The standard InChI is InChI=1S/C25H33N3O6/c1-5-33-22(30)19-18(26-24(32)27-20(19)16-9-7-6-8-10-16)15-34-21(29)17-11-13-28(14-12-17)23(31)25(2,3)4/h6-10,17,20H,5,11-15H2,1-4H3,(H2,26,27,32)/t20-/m0/s1. The van der Waals surface area contributed by atoms with Crippen molar-refractivity contribution in [2.75, 3.05) is 26.3 Å². The molecule has 9 nitrogen and oxygen atoms in total. The molecule has 1 saturated heterocycles. The Morgan fingerprint density at radius 2 is 1.71 bits per heavy atom. The quantitative estimate of drug-likeness (QED) is 0.617. The fraction of sp³-hybridized carbons (Fsp3) is 0.520. The molecule has 2 heterocycles. The van der Waals surface area contributed by atoms with E-state index in [1.54, 1.807) is 24.0 Å². The Hall–Kier alpha value is -3.36. The number of carbonyl (C=O) groups excluding carboxylic acids is 4. The van der Waals surface area contributed by atoms with E-state index >= 15 is 0 Å². The average molecular weight is 472 g/mol. The van der Waals surface area contributed by atoms with E-state index in [-0.39, 0.29) is 36.3 Å². The summed E-state index contributed by atoms with van der Waals surface area (Å²) in [4.78, 5) is 52.1. The zero-order valence-electron chi connectivity index (χ0n) is 20.2. The maximum atomic E-state index is 12.8. The molecule has 0 radical (unpaired) electrons. The number of ether oxygens (including phenoxy) is 2. The molecule has 34 heavy (non-hydrogen) atoms. The van der Waals surface area contributed by atoms with E-state index < -0.39 is 29.4 Å². The first kappa shape index (κ1) is 25.3. The van der Waals surface area contributed by atoms with E-state index in [9.17, 15) is 19.2 Å². The number of hydrogen-bond acceptors (Lipinski definition) is 6. The maximum Gasteiger partial charge on any atom is 0.338 e. The number of hydrogen-bond donors (Lipinski definition) is 2. The Balaban J connectivity index is 1.71. The molecule has 2 aliphatic heterocycles. The number of esters is 2. The molecule has 2 aliphatic rings. The lowest BCUT2D eigenvalue weighted by atomic mass is 9.91. The molecule has 0 aromatic heterocycles. The smallest absolute Gasteiger partial charge is 0.338 e. The van der Waals surface area contributed by atoms with Crippen LogP contribution in [0.5, 0.6) is 0 Å². The first-order chi connectivity index (χ1) is 16.1. The minimum atomic E-state index is -0.727. The first-order valence-corrected chi connectivity index (χ1v) is 11.6. The lowest BCUT2D eigenvalue weighted by molar-refractivity contribution is -0.152. The van der Waals surface area contributed by atoms with Crippen LogP contribution in [0, 0.1) is 11.3 Å². The topological polar surface area (TPSA) is 114 Å². The van der Waals surface area contributed by atoms with Crippen molar-refractivity contribution in [3.05, 3.63) is 47.2 Å². The van der Waals surface area contributed by atoms with Crippen molar-refractivity contribution >= 4 is 23.9 Å². The van der Waals surface area contributed by atoms with Crippen molar-refractivity contribution in [2.24, 2.45) is 11.3 Å². The largest absolute Gasteiger partial charge is 0.463 e. The van der Waals surface area contributed by atoms with Crippen LogP contribution in [-0.4, -0.2) is 55.1 Å². The molecule has 0 bridgehead atoms. The van der Waals surface area contributed by atoms with Crippen LogP contribution in [0.1, 0.15) is 52.1 Å². The van der Waals surface area contributed by atoms with Crippen LogP contribution in [0.25, 0.3) is 0 Å². The van der Waals surface area contributed by atoms with Gasteiger partial charge in [-0.2, -0.15) is 0 Å². The van der Waals surface area contributed by atoms with Crippen molar-refractivity contribution < 1.29 is 28.7 Å². The van der Waals surface area contributed by atoms with Gasteiger partial charge in [0.15, 0.2) is 0 Å². The minimum absolute atomic E-state index is 0.0629. The zero-order valence-corrected chi connectivity index (χ0v) is 20.2. The van der Waals surface area contributed by atoms with Gasteiger partial charge in [-0.25, -0.2) is 9.59 Å². The lowest BCUT2D eigenvalue weighted by Crippen LogP contribution is -2.47. The number of likely N-dealkylation sites (tertiary alicyclic amines) is 1. The number of urea groups is 1. The summed E-state index contributed by atoms with van der Waals surface area (Å²) in [6.45, 7) is 8.21. The van der Waals surface area contributed by atoms with Crippen molar-refractivity contribution in [3.8, 4) is 0 Å². The van der Waals surface area contributed by atoms with E-state index in [1.807, 2.05) is 39.0 Å². The highest BCUT2D eigenvalue weighted by Gasteiger charge is 2.36. The Morgan fingerprint density at radius 1 is 1.06 bits per heavy atom. The second-order valence-electron chi connectivity index (χ2n) is 9.48. The zero-order chi connectivity index (χ0) is 24.9. The van der Waals surface area contributed by atoms with E-state index in [0.717, 1.165) is 0 Å². The Kier molecular flexibility index (Phi) is 7.96. The summed E-state index contributed by atoms with van der Waals surface area (Å²) < 4.78 is 10.7. The lowest BCUT2D eigenvalue weighted by Gasteiger charge is -2.35. The molecule has 1 fully saturated rings. The van der Waals surface area contributed by atoms with Crippen LogP contribution in [0.2, 0.25) is 0 Å². The van der Waals surface area contributed by atoms with Crippen LogP contribution in [0.3, 0.4) is 0 Å². The maximum absolute atomic E-state index is 12.8. The van der Waals surface area contributed by atoms with Crippen molar-refractivity contribution in [1.82, 2.24) is 15.5 Å². The second kappa shape index (κ2) is 10.7. The SMILES string of the molecule is CCOC(=O)C1=C(COC(=O)C2CCN(C(=O)C(C)(C)C)CC2)NC(=O)N[C@H]1c1ccccc1. The number of benzene rings is 1. The Morgan fingerprint density at radius 3 is 2.29 bits per heavy atom. The van der Waals surface area contributed by atoms with Gasteiger partial charge in [-0.1, -0.05) is 51.1 Å². The molecule has 9 heteroatoms. The molecular formula is C25H33N3O6. The third-order valence-electron chi connectivity index (χ3n) is 5.90. The molecule has 0 unspecified atom stereocenters. The summed E-state index contributed by atoms with van der Waals surface area (Å²) in [6.07, 6.45) is 1.01. The van der Waals surface area contributed by atoms with Gasteiger partial charge >= 0.3 is 18.0 Å². The van der Waals surface area contributed by atoms with Crippen molar-refractivity contribution in [3.63, 3.8) is 0 Å². The summed E-state index contributed by atoms with van der Waals surface area (Å²) in [5.41, 5.74) is 0.641.